The van der Waals surface area contributed by atoms with Crippen molar-refractivity contribution in [3.63, 3.8) is 0 Å². The molecule has 0 heterocycles. The zero-order valence-electron chi connectivity index (χ0n) is 12.4. The Balaban J connectivity index is 3.21. The van der Waals surface area contributed by atoms with Crippen molar-refractivity contribution in [2.75, 3.05) is 0 Å². The first kappa shape index (κ1) is 17.9. The summed E-state index contributed by atoms with van der Waals surface area (Å²) < 4.78 is 0. The Morgan fingerprint density at radius 3 is 2.00 bits per heavy atom. The number of unbranched alkanes of at least 4 members (excludes halogenated alkanes) is 6. The summed E-state index contributed by atoms with van der Waals surface area (Å²) in [6.07, 6.45) is 26.3. The first-order valence-corrected chi connectivity index (χ1v) is 7.71. The summed E-state index contributed by atoms with van der Waals surface area (Å²) in [4.78, 5) is 10.00. The molecule has 1 radical (unpaired) electrons. The average Bonchev–Trinajstić information content (AvgIpc) is 2.43. The Morgan fingerprint density at radius 1 is 0.737 bits per heavy atom. The van der Waals surface area contributed by atoms with Gasteiger partial charge in [-0.1, -0.05) is 62.6 Å². The SMILES string of the molecule is CC/C=C/C/C=C/C/C=C/CCCCCCC[C]=O. The fourth-order valence-electron chi connectivity index (χ4n) is 1.82. The lowest BCUT2D eigenvalue weighted by Crippen LogP contribution is -1.80. The first-order valence-electron chi connectivity index (χ1n) is 7.71. The molecule has 1 heteroatoms. The summed E-state index contributed by atoms with van der Waals surface area (Å²) in [7, 11) is 0. The van der Waals surface area contributed by atoms with Crippen LogP contribution in [0.1, 0.15) is 71.1 Å². The highest BCUT2D eigenvalue weighted by Crippen LogP contribution is 2.07. The molecule has 1 nitrogen and oxygen atoms in total. The Hall–Kier alpha value is -1.11. The Labute approximate surface area is 119 Å². The monoisotopic (exact) mass is 261 g/mol. The second-order valence-corrected chi connectivity index (χ2v) is 4.74. The van der Waals surface area contributed by atoms with E-state index in [0.717, 1.165) is 25.7 Å². The summed E-state index contributed by atoms with van der Waals surface area (Å²) in [5, 5.41) is 0. The van der Waals surface area contributed by atoms with Crippen LogP contribution in [0.3, 0.4) is 0 Å². The second kappa shape index (κ2) is 16.9. The van der Waals surface area contributed by atoms with Crippen LogP contribution in [0.25, 0.3) is 0 Å². The molecule has 0 atom stereocenters. The van der Waals surface area contributed by atoms with Crippen LogP contribution in [0.15, 0.2) is 36.5 Å². The van der Waals surface area contributed by atoms with E-state index in [1.54, 1.807) is 0 Å². The Kier molecular flexibility index (Phi) is 15.9. The molecule has 0 aromatic carbocycles. The smallest absolute Gasteiger partial charge is 0.198 e. The van der Waals surface area contributed by atoms with Crippen molar-refractivity contribution in [1.82, 2.24) is 0 Å². The van der Waals surface area contributed by atoms with Crippen LogP contribution < -0.4 is 0 Å². The Morgan fingerprint density at radius 2 is 1.32 bits per heavy atom. The lowest BCUT2D eigenvalue weighted by Gasteiger charge is -1.96. The minimum atomic E-state index is 0.611. The molecule has 0 unspecified atom stereocenters. The molecule has 0 rings (SSSR count). The van der Waals surface area contributed by atoms with Crippen molar-refractivity contribution in [3.8, 4) is 0 Å². The minimum Gasteiger partial charge on any atom is -0.291 e. The summed E-state index contributed by atoms with van der Waals surface area (Å²) in [6, 6.07) is 0. The van der Waals surface area contributed by atoms with E-state index in [2.05, 4.69) is 43.4 Å². The van der Waals surface area contributed by atoms with Gasteiger partial charge in [-0.25, -0.2) is 0 Å². The fourth-order valence-corrected chi connectivity index (χ4v) is 1.82. The highest BCUT2D eigenvalue weighted by Gasteiger charge is 1.89. The quantitative estimate of drug-likeness (QED) is 0.307. The maximum absolute atomic E-state index is 10.00. The lowest BCUT2D eigenvalue weighted by molar-refractivity contribution is 0.542. The molecular weight excluding hydrogens is 232 g/mol. The predicted octanol–water partition coefficient (Wildman–Crippen LogP) is 5.69. The molecule has 0 aliphatic carbocycles. The van der Waals surface area contributed by atoms with Crippen LogP contribution >= 0.6 is 0 Å². The largest absolute Gasteiger partial charge is 0.291 e. The van der Waals surface area contributed by atoms with Crippen LogP contribution in [0.5, 0.6) is 0 Å². The van der Waals surface area contributed by atoms with Crippen LogP contribution in [-0.2, 0) is 4.79 Å². The highest BCUT2D eigenvalue weighted by molar-refractivity contribution is 5.50. The van der Waals surface area contributed by atoms with Crippen molar-refractivity contribution < 1.29 is 4.79 Å². The Bertz CT molecular complexity index is 261. The lowest BCUT2D eigenvalue weighted by atomic mass is 10.1. The minimum absolute atomic E-state index is 0.611. The van der Waals surface area contributed by atoms with Gasteiger partial charge < -0.3 is 0 Å². The summed E-state index contributed by atoms with van der Waals surface area (Å²) >= 11 is 0. The molecule has 0 bridgehead atoms. The van der Waals surface area contributed by atoms with Gasteiger partial charge in [0.1, 0.15) is 0 Å². The molecule has 19 heavy (non-hydrogen) atoms. The zero-order valence-corrected chi connectivity index (χ0v) is 12.4. The van der Waals surface area contributed by atoms with E-state index in [9.17, 15) is 4.79 Å². The van der Waals surface area contributed by atoms with Gasteiger partial charge in [0.25, 0.3) is 0 Å². The first-order chi connectivity index (χ1) is 9.41. The zero-order chi connectivity index (χ0) is 14.0. The van der Waals surface area contributed by atoms with Gasteiger partial charge in [-0.3, -0.25) is 4.79 Å². The van der Waals surface area contributed by atoms with E-state index in [1.165, 1.54) is 32.1 Å². The molecule has 0 amide bonds. The number of hydrogen-bond donors (Lipinski definition) is 0. The number of rotatable bonds is 13. The molecular formula is C18H29O. The molecule has 0 spiro atoms. The third-order valence-corrected chi connectivity index (χ3v) is 2.93. The molecule has 0 aliphatic rings. The molecule has 0 aliphatic heterocycles. The summed E-state index contributed by atoms with van der Waals surface area (Å²) in [5.41, 5.74) is 0. The van der Waals surface area contributed by atoms with Crippen molar-refractivity contribution in [2.24, 2.45) is 0 Å². The van der Waals surface area contributed by atoms with Gasteiger partial charge in [-0.15, -0.1) is 0 Å². The van der Waals surface area contributed by atoms with Crippen LogP contribution in [0.4, 0.5) is 0 Å². The van der Waals surface area contributed by atoms with Gasteiger partial charge in [-0.05, 0) is 38.5 Å². The summed E-state index contributed by atoms with van der Waals surface area (Å²) in [5.74, 6) is 0. The molecule has 0 aromatic heterocycles. The van der Waals surface area contributed by atoms with Gasteiger partial charge >= 0.3 is 0 Å². The van der Waals surface area contributed by atoms with E-state index in [-0.39, 0.29) is 0 Å². The van der Waals surface area contributed by atoms with Crippen molar-refractivity contribution in [3.05, 3.63) is 36.5 Å². The summed E-state index contributed by atoms with van der Waals surface area (Å²) in [6.45, 7) is 2.16. The molecule has 0 fully saturated rings. The topological polar surface area (TPSA) is 17.1 Å². The standard InChI is InChI=1S/C18H29O/c1-2-3-4-5-6-7-8-9-10-11-12-13-14-15-16-17-18-19/h3-4,6-7,9-10H,2,5,8,11-17H2,1H3/b4-3+,7-6+,10-9+. The second-order valence-electron chi connectivity index (χ2n) is 4.74. The predicted molar refractivity (Wildman–Crippen MR) is 85.0 cm³/mol. The van der Waals surface area contributed by atoms with E-state index in [1.807, 2.05) is 6.29 Å². The van der Waals surface area contributed by atoms with Gasteiger partial charge in [0.15, 0.2) is 6.29 Å². The molecule has 0 N–H and O–H groups in total. The number of allylic oxidation sites excluding steroid dienone is 6. The molecule has 0 aromatic rings. The van der Waals surface area contributed by atoms with Gasteiger partial charge in [0, 0.05) is 6.42 Å². The number of hydrogen-bond acceptors (Lipinski definition) is 1. The maximum Gasteiger partial charge on any atom is 0.198 e. The van der Waals surface area contributed by atoms with Crippen molar-refractivity contribution in [1.29, 1.82) is 0 Å². The maximum atomic E-state index is 10.00. The normalized spacial score (nSPS) is 12.1. The van der Waals surface area contributed by atoms with Gasteiger partial charge in [0.05, 0.1) is 0 Å². The van der Waals surface area contributed by atoms with E-state index in [4.69, 9.17) is 0 Å². The molecule has 107 valence electrons. The van der Waals surface area contributed by atoms with E-state index in [0.29, 0.717) is 6.42 Å². The molecule has 0 saturated carbocycles. The van der Waals surface area contributed by atoms with Gasteiger partial charge in [-0.2, -0.15) is 0 Å². The third-order valence-electron chi connectivity index (χ3n) is 2.93. The van der Waals surface area contributed by atoms with E-state index >= 15 is 0 Å². The van der Waals surface area contributed by atoms with E-state index < -0.39 is 0 Å². The molecule has 0 saturated heterocycles. The van der Waals surface area contributed by atoms with Gasteiger partial charge in [0.2, 0.25) is 0 Å². The average molecular weight is 261 g/mol. The van der Waals surface area contributed by atoms with Crippen molar-refractivity contribution in [2.45, 2.75) is 71.1 Å². The van der Waals surface area contributed by atoms with Crippen LogP contribution in [0, 0.1) is 0 Å². The highest BCUT2D eigenvalue weighted by atomic mass is 16.1. The number of carbonyl (C=O) groups excluding carboxylic acids is 1. The fraction of sp³-hybridized carbons (Fsp3) is 0.611. The van der Waals surface area contributed by atoms with Crippen LogP contribution in [-0.4, -0.2) is 6.29 Å². The third kappa shape index (κ3) is 16.9. The van der Waals surface area contributed by atoms with Crippen molar-refractivity contribution >= 4 is 6.29 Å². The van der Waals surface area contributed by atoms with Crippen LogP contribution in [0.2, 0.25) is 0 Å².